The Morgan fingerprint density at radius 2 is 1.78 bits per heavy atom. The number of hydrogen-bond donors (Lipinski definition) is 2. The lowest BCUT2D eigenvalue weighted by molar-refractivity contribution is -0.116. The lowest BCUT2D eigenvalue weighted by atomic mass is 9.96. The molecule has 188 valence electrons. The first-order valence-electron chi connectivity index (χ1n) is 12.2. The second-order valence-corrected chi connectivity index (χ2v) is 9.95. The van der Waals surface area contributed by atoms with Crippen LogP contribution in [0.25, 0.3) is 5.69 Å². The summed E-state index contributed by atoms with van der Waals surface area (Å²) in [4.78, 5) is 19.5. The zero-order valence-corrected chi connectivity index (χ0v) is 22.3. The van der Waals surface area contributed by atoms with Crippen molar-refractivity contribution in [1.29, 1.82) is 0 Å². The van der Waals surface area contributed by atoms with E-state index in [4.69, 9.17) is 23.8 Å². The molecule has 0 bridgehead atoms. The maximum Gasteiger partial charge on any atom is 0.226 e. The van der Waals surface area contributed by atoms with E-state index in [9.17, 15) is 4.79 Å². The molecule has 8 heteroatoms. The van der Waals surface area contributed by atoms with Crippen LogP contribution in [0, 0.1) is 13.8 Å². The molecule has 2 atom stereocenters. The first kappa shape index (κ1) is 25.0. The fourth-order valence-electron chi connectivity index (χ4n) is 5.03. The molecule has 2 aromatic heterocycles. The van der Waals surface area contributed by atoms with E-state index in [1.807, 2.05) is 72.8 Å². The van der Waals surface area contributed by atoms with Gasteiger partial charge in [-0.1, -0.05) is 35.9 Å². The number of aromatic nitrogens is 2. The summed E-state index contributed by atoms with van der Waals surface area (Å²) in [5, 5.41) is 7.77. The third-order valence-electron chi connectivity index (χ3n) is 6.71. The van der Waals surface area contributed by atoms with E-state index in [1.165, 1.54) is 0 Å². The molecular formula is C29H28ClN5OS. The number of rotatable bonds is 7. The molecule has 0 saturated carbocycles. The Balaban J connectivity index is 1.47. The Kier molecular flexibility index (Phi) is 7.26. The van der Waals surface area contributed by atoms with Gasteiger partial charge in [0.05, 0.1) is 17.8 Å². The highest BCUT2D eigenvalue weighted by Crippen LogP contribution is 2.41. The van der Waals surface area contributed by atoms with Crippen molar-refractivity contribution < 1.29 is 4.79 Å². The molecule has 4 aromatic rings. The Morgan fingerprint density at radius 1 is 1.05 bits per heavy atom. The topological polar surface area (TPSA) is 62.2 Å². The van der Waals surface area contributed by atoms with Crippen LogP contribution < -0.4 is 10.6 Å². The first-order valence-corrected chi connectivity index (χ1v) is 13.0. The highest BCUT2D eigenvalue weighted by atomic mass is 35.5. The van der Waals surface area contributed by atoms with Gasteiger partial charge < -0.3 is 20.1 Å². The second kappa shape index (κ2) is 10.7. The maximum absolute atomic E-state index is 12.8. The van der Waals surface area contributed by atoms with Gasteiger partial charge >= 0.3 is 0 Å². The molecule has 1 saturated heterocycles. The molecule has 5 rings (SSSR count). The van der Waals surface area contributed by atoms with E-state index >= 15 is 0 Å². The SMILES string of the molecule is Cc1cc([C@H]2[C@@H](c3ccccn3)NC(=S)N2CCC(=O)Nc2ccccc2)c(C)n1-c1ccc(Cl)cc1. The van der Waals surface area contributed by atoms with Crippen molar-refractivity contribution in [1.82, 2.24) is 19.8 Å². The minimum absolute atomic E-state index is 0.0549. The van der Waals surface area contributed by atoms with Crippen LogP contribution >= 0.6 is 23.8 Å². The number of anilines is 1. The first-order chi connectivity index (χ1) is 17.9. The van der Waals surface area contributed by atoms with Gasteiger partial charge in [-0.15, -0.1) is 0 Å². The summed E-state index contributed by atoms with van der Waals surface area (Å²) in [7, 11) is 0. The minimum atomic E-state index is -0.148. The number of pyridine rings is 1. The number of halogens is 1. The Hall–Kier alpha value is -3.68. The highest BCUT2D eigenvalue weighted by Gasteiger charge is 2.41. The summed E-state index contributed by atoms with van der Waals surface area (Å²) < 4.78 is 2.23. The van der Waals surface area contributed by atoms with Gasteiger partial charge in [0, 0.05) is 46.9 Å². The van der Waals surface area contributed by atoms with E-state index in [0.29, 0.717) is 23.1 Å². The van der Waals surface area contributed by atoms with Crippen LogP contribution in [0.2, 0.25) is 5.02 Å². The van der Waals surface area contributed by atoms with E-state index in [2.05, 4.69) is 45.0 Å². The van der Waals surface area contributed by atoms with Crippen molar-refractivity contribution in [3.8, 4) is 5.69 Å². The van der Waals surface area contributed by atoms with E-state index in [0.717, 1.165) is 34.0 Å². The van der Waals surface area contributed by atoms with Gasteiger partial charge in [0.15, 0.2) is 5.11 Å². The van der Waals surface area contributed by atoms with Crippen molar-refractivity contribution in [3.63, 3.8) is 0 Å². The van der Waals surface area contributed by atoms with Crippen LogP contribution in [0.1, 0.15) is 41.1 Å². The molecule has 2 N–H and O–H groups in total. The maximum atomic E-state index is 12.8. The number of thiocarbonyl (C=S) groups is 1. The Labute approximate surface area is 227 Å². The van der Waals surface area contributed by atoms with Crippen molar-refractivity contribution in [2.75, 3.05) is 11.9 Å². The molecule has 1 aliphatic heterocycles. The predicted octanol–water partition coefficient (Wildman–Crippen LogP) is 6.14. The van der Waals surface area contributed by atoms with Gasteiger partial charge in [-0.05, 0) is 86.2 Å². The molecule has 1 aliphatic rings. The summed E-state index contributed by atoms with van der Waals surface area (Å²) in [6.07, 6.45) is 2.10. The largest absolute Gasteiger partial charge is 0.352 e. The Bertz CT molecular complexity index is 1410. The van der Waals surface area contributed by atoms with E-state index in [-0.39, 0.29) is 18.0 Å². The van der Waals surface area contributed by atoms with Crippen molar-refractivity contribution in [2.45, 2.75) is 32.4 Å². The average molecular weight is 530 g/mol. The summed E-state index contributed by atoms with van der Waals surface area (Å²) in [6, 6.07) is 25.2. The molecule has 2 aromatic carbocycles. The van der Waals surface area contributed by atoms with Gasteiger partial charge in [0.1, 0.15) is 0 Å². The summed E-state index contributed by atoms with van der Waals surface area (Å²) in [5.41, 5.74) is 6.08. The molecule has 0 radical (unpaired) electrons. The number of amides is 1. The van der Waals surface area contributed by atoms with E-state index in [1.54, 1.807) is 6.20 Å². The van der Waals surface area contributed by atoms with Gasteiger partial charge in [-0.3, -0.25) is 9.78 Å². The van der Waals surface area contributed by atoms with Crippen LogP contribution in [-0.2, 0) is 4.79 Å². The smallest absolute Gasteiger partial charge is 0.226 e. The van der Waals surface area contributed by atoms with Gasteiger partial charge in [0.25, 0.3) is 0 Å². The highest BCUT2D eigenvalue weighted by molar-refractivity contribution is 7.80. The molecule has 3 heterocycles. The van der Waals surface area contributed by atoms with E-state index < -0.39 is 0 Å². The minimum Gasteiger partial charge on any atom is -0.352 e. The third-order valence-corrected chi connectivity index (χ3v) is 7.31. The fourth-order valence-corrected chi connectivity index (χ4v) is 5.48. The number of benzene rings is 2. The number of nitrogens with one attached hydrogen (secondary N) is 2. The zero-order chi connectivity index (χ0) is 25.9. The van der Waals surface area contributed by atoms with Crippen molar-refractivity contribution in [3.05, 3.63) is 113 Å². The second-order valence-electron chi connectivity index (χ2n) is 9.12. The molecule has 1 fully saturated rings. The number of carbonyl (C=O) groups is 1. The van der Waals surface area contributed by atoms with Crippen LogP contribution in [0.4, 0.5) is 5.69 Å². The summed E-state index contributed by atoms with van der Waals surface area (Å²) in [6.45, 7) is 4.69. The van der Waals surface area contributed by atoms with Gasteiger partial charge in [-0.2, -0.15) is 0 Å². The number of nitrogens with zero attached hydrogens (tertiary/aromatic N) is 3. The van der Waals surface area contributed by atoms with Crippen LogP contribution in [0.15, 0.2) is 85.1 Å². The summed E-state index contributed by atoms with van der Waals surface area (Å²) >= 11 is 11.9. The van der Waals surface area contributed by atoms with Crippen LogP contribution in [-0.4, -0.2) is 32.0 Å². The van der Waals surface area contributed by atoms with Crippen molar-refractivity contribution in [2.24, 2.45) is 0 Å². The standard InChI is InChI=1S/C29H28ClN5OS/c1-19-18-24(20(2)35(19)23-13-11-21(30)12-14-23)28-27(25-10-6-7-16-31-25)33-29(37)34(28)17-15-26(36)32-22-8-4-3-5-9-22/h3-14,16,18,27-28H,15,17H2,1-2H3,(H,32,36)(H,33,37)/t27-,28+/m1/s1. The Morgan fingerprint density at radius 3 is 2.49 bits per heavy atom. The third kappa shape index (κ3) is 5.24. The molecule has 1 amide bonds. The monoisotopic (exact) mass is 529 g/mol. The fraction of sp³-hybridized carbons (Fsp3) is 0.207. The molecule has 6 nitrogen and oxygen atoms in total. The lowest BCUT2D eigenvalue weighted by Gasteiger charge is -2.28. The quantitative estimate of drug-likeness (QED) is 0.281. The molecule has 37 heavy (non-hydrogen) atoms. The normalized spacial score (nSPS) is 17.1. The zero-order valence-electron chi connectivity index (χ0n) is 20.7. The molecule has 0 spiro atoms. The summed E-state index contributed by atoms with van der Waals surface area (Å²) in [5.74, 6) is -0.0549. The molecule has 0 unspecified atom stereocenters. The molecule has 0 aliphatic carbocycles. The number of para-hydroxylation sites is 1. The van der Waals surface area contributed by atoms with Gasteiger partial charge in [-0.25, -0.2) is 0 Å². The number of hydrogen-bond acceptors (Lipinski definition) is 3. The lowest BCUT2D eigenvalue weighted by Crippen LogP contribution is -2.32. The van der Waals surface area contributed by atoms with Crippen molar-refractivity contribution >= 4 is 40.5 Å². The number of carbonyl (C=O) groups excluding carboxylic acids is 1. The number of aryl methyl sites for hydroxylation is 1. The predicted molar refractivity (Wildman–Crippen MR) is 152 cm³/mol. The van der Waals surface area contributed by atoms with Crippen LogP contribution in [0.3, 0.4) is 0 Å². The van der Waals surface area contributed by atoms with Gasteiger partial charge in [0.2, 0.25) is 5.91 Å². The average Bonchev–Trinajstić information content (AvgIpc) is 3.39. The van der Waals surface area contributed by atoms with Crippen LogP contribution in [0.5, 0.6) is 0 Å². The molecular weight excluding hydrogens is 502 g/mol.